The quantitative estimate of drug-likeness (QED) is 0.539. The van der Waals surface area contributed by atoms with E-state index in [1.54, 1.807) is 4.90 Å². The third-order valence-corrected chi connectivity index (χ3v) is 6.12. The predicted molar refractivity (Wildman–Crippen MR) is 102 cm³/mol. The van der Waals surface area contributed by atoms with Gasteiger partial charge in [0.05, 0.1) is 4.90 Å². The Bertz CT molecular complexity index is 828. The third kappa shape index (κ3) is 5.62. The van der Waals surface area contributed by atoms with Crippen LogP contribution in [0.1, 0.15) is 50.4 Å². The Balaban J connectivity index is 1.96. The van der Waals surface area contributed by atoms with Crippen LogP contribution < -0.4 is 4.72 Å². The number of amides is 1. The standard InChI is InChI=1S/C19H26N2O6S/c1-13(19(24)27-15(3)18(23)21-11-5-4-6-12-21)20-28(25,26)17-9-7-16(8-10-17)14(2)22/h7-10,13,15,20H,4-6,11-12H2,1-3H3. The highest BCUT2D eigenvalue weighted by molar-refractivity contribution is 7.89. The summed E-state index contributed by atoms with van der Waals surface area (Å²) < 4.78 is 32.2. The lowest BCUT2D eigenvalue weighted by molar-refractivity contribution is -0.160. The molecule has 0 saturated carbocycles. The molecule has 1 saturated heterocycles. The fourth-order valence-electron chi connectivity index (χ4n) is 2.92. The number of hydrogen-bond donors (Lipinski definition) is 1. The van der Waals surface area contributed by atoms with Crippen LogP contribution in [0.5, 0.6) is 0 Å². The topological polar surface area (TPSA) is 110 Å². The molecule has 1 amide bonds. The molecule has 2 unspecified atom stereocenters. The summed E-state index contributed by atoms with van der Waals surface area (Å²) >= 11 is 0. The second-order valence-electron chi connectivity index (χ2n) is 6.89. The Kier molecular flexibility index (Phi) is 7.31. The molecular weight excluding hydrogens is 384 g/mol. The molecule has 2 rings (SSSR count). The van der Waals surface area contributed by atoms with Crippen LogP contribution in [0.4, 0.5) is 0 Å². The van der Waals surface area contributed by atoms with E-state index in [-0.39, 0.29) is 16.6 Å². The summed E-state index contributed by atoms with van der Waals surface area (Å²) in [5.74, 6) is -1.29. The highest BCUT2D eigenvalue weighted by Crippen LogP contribution is 2.13. The summed E-state index contributed by atoms with van der Waals surface area (Å²) in [5.41, 5.74) is 0.386. The van der Waals surface area contributed by atoms with Gasteiger partial charge in [0, 0.05) is 18.7 Å². The molecule has 1 aliphatic heterocycles. The lowest BCUT2D eigenvalue weighted by Gasteiger charge is -2.29. The highest BCUT2D eigenvalue weighted by Gasteiger charge is 2.29. The Hall–Kier alpha value is -2.26. The summed E-state index contributed by atoms with van der Waals surface area (Å²) in [4.78, 5) is 37.4. The first kappa shape index (κ1) is 22.0. The van der Waals surface area contributed by atoms with Gasteiger partial charge < -0.3 is 9.64 Å². The van der Waals surface area contributed by atoms with Crippen LogP contribution in [0.15, 0.2) is 29.2 Å². The molecule has 0 bridgehead atoms. The number of esters is 1. The summed E-state index contributed by atoms with van der Waals surface area (Å²) in [6.45, 7) is 5.49. The maximum absolute atomic E-state index is 12.4. The van der Waals surface area contributed by atoms with Gasteiger partial charge in [-0.1, -0.05) is 12.1 Å². The lowest BCUT2D eigenvalue weighted by atomic mass is 10.1. The molecule has 1 N–H and O–H groups in total. The van der Waals surface area contributed by atoms with E-state index in [4.69, 9.17) is 4.74 Å². The molecule has 1 fully saturated rings. The van der Waals surface area contributed by atoms with Crippen LogP contribution in [0, 0.1) is 0 Å². The number of sulfonamides is 1. The third-order valence-electron chi connectivity index (χ3n) is 4.57. The number of nitrogens with zero attached hydrogens (tertiary/aromatic N) is 1. The van der Waals surface area contributed by atoms with Crippen molar-refractivity contribution in [2.45, 2.75) is 57.1 Å². The van der Waals surface area contributed by atoms with E-state index in [1.807, 2.05) is 0 Å². The molecular formula is C19H26N2O6S. The van der Waals surface area contributed by atoms with Gasteiger partial charge in [-0.05, 0) is 52.2 Å². The van der Waals surface area contributed by atoms with Crippen molar-refractivity contribution in [2.24, 2.45) is 0 Å². The summed E-state index contributed by atoms with van der Waals surface area (Å²) in [6.07, 6.45) is 1.94. The first-order valence-electron chi connectivity index (χ1n) is 9.24. The number of piperidine rings is 1. The Labute approximate surface area is 165 Å². The van der Waals surface area contributed by atoms with Gasteiger partial charge in [0.1, 0.15) is 6.04 Å². The van der Waals surface area contributed by atoms with E-state index in [2.05, 4.69) is 4.72 Å². The Morgan fingerprint density at radius 3 is 2.14 bits per heavy atom. The molecule has 28 heavy (non-hydrogen) atoms. The number of likely N-dealkylation sites (tertiary alicyclic amines) is 1. The van der Waals surface area contributed by atoms with Gasteiger partial charge >= 0.3 is 5.97 Å². The minimum absolute atomic E-state index is 0.0745. The maximum Gasteiger partial charge on any atom is 0.324 e. The highest BCUT2D eigenvalue weighted by atomic mass is 32.2. The smallest absolute Gasteiger partial charge is 0.324 e. The van der Waals surface area contributed by atoms with Crippen LogP contribution in [-0.2, 0) is 24.3 Å². The van der Waals surface area contributed by atoms with E-state index < -0.39 is 28.1 Å². The van der Waals surface area contributed by atoms with E-state index in [1.165, 1.54) is 45.0 Å². The minimum Gasteiger partial charge on any atom is -0.451 e. The number of Topliss-reactive ketones (excluding diaryl/α,β-unsaturated/α-hetero) is 1. The molecule has 1 aromatic carbocycles. The van der Waals surface area contributed by atoms with Crippen LogP contribution in [-0.4, -0.2) is 56.2 Å². The van der Waals surface area contributed by atoms with Crippen molar-refractivity contribution < 1.29 is 27.5 Å². The zero-order valence-corrected chi connectivity index (χ0v) is 17.1. The number of hydrogen-bond acceptors (Lipinski definition) is 6. The number of ketones is 1. The number of carbonyl (C=O) groups is 3. The van der Waals surface area contributed by atoms with E-state index >= 15 is 0 Å². The van der Waals surface area contributed by atoms with Crippen molar-refractivity contribution in [3.8, 4) is 0 Å². The predicted octanol–water partition coefficient (Wildman–Crippen LogP) is 1.50. The molecule has 0 aliphatic carbocycles. The molecule has 0 radical (unpaired) electrons. The maximum atomic E-state index is 12.4. The second kappa shape index (κ2) is 9.29. The summed E-state index contributed by atoms with van der Waals surface area (Å²) in [6, 6.07) is 4.21. The molecule has 154 valence electrons. The SMILES string of the molecule is CC(=O)c1ccc(S(=O)(=O)NC(C)C(=O)OC(C)C(=O)N2CCCCC2)cc1. The average Bonchev–Trinajstić information content (AvgIpc) is 2.67. The van der Waals surface area contributed by atoms with Gasteiger partial charge in [0.15, 0.2) is 11.9 Å². The van der Waals surface area contributed by atoms with Crippen LogP contribution in [0.3, 0.4) is 0 Å². The zero-order chi connectivity index (χ0) is 20.9. The first-order valence-corrected chi connectivity index (χ1v) is 10.7. The van der Waals surface area contributed by atoms with Gasteiger partial charge in [-0.2, -0.15) is 4.72 Å². The molecule has 0 spiro atoms. The van der Waals surface area contributed by atoms with Gasteiger partial charge in [-0.15, -0.1) is 0 Å². The molecule has 0 aromatic heterocycles. The summed E-state index contributed by atoms with van der Waals surface area (Å²) in [5, 5.41) is 0. The van der Waals surface area contributed by atoms with Crippen LogP contribution >= 0.6 is 0 Å². The van der Waals surface area contributed by atoms with Gasteiger partial charge in [0.2, 0.25) is 10.0 Å². The van der Waals surface area contributed by atoms with Crippen LogP contribution in [0.2, 0.25) is 0 Å². The molecule has 2 atom stereocenters. The van der Waals surface area contributed by atoms with Crippen molar-refractivity contribution in [3.05, 3.63) is 29.8 Å². The fourth-order valence-corrected chi connectivity index (χ4v) is 4.11. The van der Waals surface area contributed by atoms with Crippen molar-refractivity contribution in [3.63, 3.8) is 0 Å². The number of benzene rings is 1. The van der Waals surface area contributed by atoms with E-state index in [0.29, 0.717) is 18.7 Å². The average molecular weight is 410 g/mol. The minimum atomic E-state index is -3.98. The largest absolute Gasteiger partial charge is 0.451 e. The van der Waals surface area contributed by atoms with Crippen LogP contribution in [0.25, 0.3) is 0 Å². The molecule has 8 nitrogen and oxygen atoms in total. The number of ether oxygens (including phenoxy) is 1. The fraction of sp³-hybridized carbons (Fsp3) is 0.526. The molecule has 1 heterocycles. The Morgan fingerprint density at radius 2 is 1.61 bits per heavy atom. The lowest BCUT2D eigenvalue weighted by Crippen LogP contribution is -2.45. The Morgan fingerprint density at radius 1 is 1.04 bits per heavy atom. The number of nitrogens with one attached hydrogen (secondary N) is 1. The van der Waals surface area contributed by atoms with Crippen molar-refractivity contribution >= 4 is 27.7 Å². The molecule has 1 aliphatic rings. The van der Waals surface area contributed by atoms with Crippen molar-refractivity contribution in [2.75, 3.05) is 13.1 Å². The van der Waals surface area contributed by atoms with Gasteiger partial charge in [-0.3, -0.25) is 14.4 Å². The van der Waals surface area contributed by atoms with Gasteiger partial charge in [0.25, 0.3) is 5.91 Å². The monoisotopic (exact) mass is 410 g/mol. The number of rotatable bonds is 7. The molecule has 1 aromatic rings. The van der Waals surface area contributed by atoms with E-state index in [0.717, 1.165) is 19.3 Å². The normalized spacial score (nSPS) is 16.9. The van der Waals surface area contributed by atoms with E-state index in [9.17, 15) is 22.8 Å². The van der Waals surface area contributed by atoms with Gasteiger partial charge in [-0.25, -0.2) is 8.42 Å². The van der Waals surface area contributed by atoms with Crippen molar-refractivity contribution in [1.29, 1.82) is 0 Å². The molecule has 9 heteroatoms. The van der Waals surface area contributed by atoms with Crippen molar-refractivity contribution in [1.82, 2.24) is 9.62 Å². The zero-order valence-electron chi connectivity index (χ0n) is 16.3. The second-order valence-corrected chi connectivity index (χ2v) is 8.60. The number of carbonyl (C=O) groups excluding carboxylic acids is 3. The first-order chi connectivity index (χ1) is 13.1. The summed E-state index contributed by atoms with van der Waals surface area (Å²) in [7, 11) is -3.98.